The molecule has 106 valence electrons. The summed E-state index contributed by atoms with van der Waals surface area (Å²) in [6, 6.07) is 0. The van der Waals surface area contributed by atoms with Crippen LogP contribution in [0.1, 0.15) is 79.6 Å². The lowest BCUT2D eigenvalue weighted by Gasteiger charge is -2.30. The Labute approximate surface area is 116 Å². The maximum Gasteiger partial charge on any atom is -0.0272 e. The van der Waals surface area contributed by atoms with Crippen molar-refractivity contribution in [3.05, 3.63) is 17.9 Å². The minimum absolute atomic E-state index is 0.880. The average Bonchev–Trinajstić information content (AvgIpc) is 2.40. The van der Waals surface area contributed by atoms with Crippen molar-refractivity contribution in [2.45, 2.75) is 79.6 Å². The Hall–Kier alpha value is -0.480. The average molecular weight is 250 g/mol. The molecule has 0 saturated carbocycles. The molecule has 0 spiro atoms. The molecule has 0 radical (unpaired) electrons. The Kier molecular flexibility index (Phi) is 11.3. The molecule has 0 aromatic carbocycles. The summed E-state index contributed by atoms with van der Waals surface area (Å²) in [4.78, 5) is 0. The van der Waals surface area contributed by atoms with E-state index in [0.29, 0.717) is 0 Å². The fourth-order valence-electron chi connectivity index (χ4n) is 2.92. The smallest absolute Gasteiger partial charge is 0.0272 e. The van der Waals surface area contributed by atoms with Gasteiger partial charge in [0.05, 0.1) is 0 Å². The van der Waals surface area contributed by atoms with Gasteiger partial charge >= 0.3 is 0 Å². The van der Waals surface area contributed by atoms with Crippen LogP contribution in [0, 0.1) is 17.8 Å². The standard InChI is InChI=1S/C18H34/c1-6-10-11-12-13-15-17(9-4)18(14-7-2)16(5)8-3/h10,12,16-18H,6-9,13-15H2,1-5H3. The van der Waals surface area contributed by atoms with Gasteiger partial charge in [0, 0.05) is 0 Å². The number of hydrogen-bond acceptors (Lipinski definition) is 0. The first-order valence-corrected chi connectivity index (χ1v) is 8.10. The van der Waals surface area contributed by atoms with E-state index in [0.717, 1.165) is 24.2 Å². The zero-order valence-corrected chi connectivity index (χ0v) is 13.3. The molecule has 0 amide bonds. The lowest BCUT2D eigenvalue weighted by Crippen LogP contribution is -2.21. The zero-order chi connectivity index (χ0) is 13.8. The minimum atomic E-state index is 0.880. The highest BCUT2D eigenvalue weighted by molar-refractivity contribution is 4.85. The largest absolute Gasteiger partial charge is 0.130 e. The molecule has 0 aromatic rings. The second-order valence-electron chi connectivity index (χ2n) is 5.57. The highest BCUT2D eigenvalue weighted by Crippen LogP contribution is 2.33. The summed E-state index contributed by atoms with van der Waals surface area (Å²) in [6.07, 6.45) is 13.4. The van der Waals surface area contributed by atoms with Crippen molar-refractivity contribution in [3.63, 3.8) is 0 Å². The summed E-state index contributed by atoms with van der Waals surface area (Å²) in [5.41, 5.74) is 3.28. The lowest BCUT2D eigenvalue weighted by molar-refractivity contribution is 0.201. The van der Waals surface area contributed by atoms with Crippen LogP contribution in [-0.4, -0.2) is 0 Å². The third-order valence-corrected chi connectivity index (χ3v) is 4.25. The number of hydrogen-bond donors (Lipinski definition) is 0. The van der Waals surface area contributed by atoms with Crippen LogP contribution in [-0.2, 0) is 0 Å². The van der Waals surface area contributed by atoms with E-state index in [1.165, 1.54) is 38.5 Å². The molecule has 0 nitrogen and oxygen atoms in total. The van der Waals surface area contributed by atoms with Gasteiger partial charge in [-0.05, 0) is 49.2 Å². The summed E-state index contributed by atoms with van der Waals surface area (Å²) in [6.45, 7) is 11.6. The van der Waals surface area contributed by atoms with Crippen molar-refractivity contribution in [2.75, 3.05) is 0 Å². The Bertz CT molecular complexity index is 232. The monoisotopic (exact) mass is 250 g/mol. The molecule has 0 N–H and O–H groups in total. The van der Waals surface area contributed by atoms with E-state index in [1.807, 2.05) is 0 Å². The Morgan fingerprint density at radius 1 is 0.944 bits per heavy atom. The van der Waals surface area contributed by atoms with E-state index in [2.05, 4.69) is 52.5 Å². The van der Waals surface area contributed by atoms with Gasteiger partial charge < -0.3 is 0 Å². The first-order valence-electron chi connectivity index (χ1n) is 8.10. The molecular formula is C18H34. The van der Waals surface area contributed by atoms with Gasteiger partial charge in [-0.15, -0.1) is 5.73 Å². The molecule has 0 bridgehead atoms. The quantitative estimate of drug-likeness (QED) is 0.395. The lowest BCUT2D eigenvalue weighted by atomic mass is 9.75. The molecule has 0 aliphatic rings. The molecule has 0 aromatic heterocycles. The topological polar surface area (TPSA) is 0 Å². The van der Waals surface area contributed by atoms with Crippen LogP contribution in [0.15, 0.2) is 17.9 Å². The van der Waals surface area contributed by atoms with E-state index < -0.39 is 0 Å². The number of rotatable bonds is 10. The molecule has 0 heteroatoms. The summed E-state index contributed by atoms with van der Waals surface area (Å²) in [5, 5.41) is 0. The van der Waals surface area contributed by atoms with E-state index in [4.69, 9.17) is 0 Å². The van der Waals surface area contributed by atoms with Crippen molar-refractivity contribution >= 4 is 0 Å². The predicted octanol–water partition coefficient (Wildman–Crippen LogP) is 6.38. The molecule has 3 atom stereocenters. The molecule has 0 aliphatic heterocycles. The highest BCUT2D eigenvalue weighted by atomic mass is 14.3. The van der Waals surface area contributed by atoms with E-state index in [1.54, 1.807) is 0 Å². The molecule has 3 unspecified atom stereocenters. The first kappa shape index (κ1) is 17.5. The van der Waals surface area contributed by atoms with Crippen molar-refractivity contribution in [3.8, 4) is 0 Å². The molecule has 0 aliphatic carbocycles. The minimum Gasteiger partial charge on any atom is -0.130 e. The van der Waals surface area contributed by atoms with Crippen LogP contribution in [0.5, 0.6) is 0 Å². The summed E-state index contributed by atoms with van der Waals surface area (Å²) in [5.74, 6) is 2.71. The van der Waals surface area contributed by atoms with Crippen molar-refractivity contribution in [2.24, 2.45) is 17.8 Å². The van der Waals surface area contributed by atoms with Gasteiger partial charge in [0.15, 0.2) is 0 Å². The van der Waals surface area contributed by atoms with Crippen LogP contribution < -0.4 is 0 Å². The second kappa shape index (κ2) is 11.6. The van der Waals surface area contributed by atoms with Crippen molar-refractivity contribution in [1.82, 2.24) is 0 Å². The third-order valence-electron chi connectivity index (χ3n) is 4.25. The third kappa shape index (κ3) is 7.07. The van der Waals surface area contributed by atoms with Gasteiger partial charge in [0.1, 0.15) is 0 Å². The van der Waals surface area contributed by atoms with Crippen LogP contribution >= 0.6 is 0 Å². The van der Waals surface area contributed by atoms with E-state index in [-0.39, 0.29) is 0 Å². The summed E-state index contributed by atoms with van der Waals surface area (Å²) in [7, 11) is 0. The van der Waals surface area contributed by atoms with Crippen LogP contribution in [0.2, 0.25) is 0 Å². The Morgan fingerprint density at radius 2 is 1.67 bits per heavy atom. The highest BCUT2D eigenvalue weighted by Gasteiger charge is 2.23. The normalized spacial score (nSPS) is 15.6. The zero-order valence-electron chi connectivity index (χ0n) is 13.3. The molecule has 18 heavy (non-hydrogen) atoms. The number of allylic oxidation sites excluding steroid dienone is 1. The molecule has 0 saturated heterocycles. The van der Waals surface area contributed by atoms with Crippen molar-refractivity contribution < 1.29 is 0 Å². The van der Waals surface area contributed by atoms with Crippen LogP contribution in [0.25, 0.3) is 0 Å². The Balaban J connectivity index is 4.36. The van der Waals surface area contributed by atoms with Crippen molar-refractivity contribution in [1.29, 1.82) is 0 Å². The molecule has 0 fully saturated rings. The summed E-state index contributed by atoms with van der Waals surface area (Å²) < 4.78 is 0. The predicted molar refractivity (Wildman–Crippen MR) is 83.8 cm³/mol. The second-order valence-corrected chi connectivity index (χ2v) is 5.57. The SMILES string of the molecule is CCC=C=CCCC(CC)C(CCC)C(C)CC. The fraction of sp³-hybridized carbons (Fsp3) is 0.833. The van der Waals surface area contributed by atoms with Crippen LogP contribution in [0.4, 0.5) is 0 Å². The first-order chi connectivity index (χ1) is 8.71. The van der Waals surface area contributed by atoms with Gasteiger partial charge in [-0.2, -0.15) is 0 Å². The van der Waals surface area contributed by atoms with Crippen LogP contribution in [0.3, 0.4) is 0 Å². The molecule has 0 rings (SSSR count). The fourth-order valence-corrected chi connectivity index (χ4v) is 2.92. The summed E-state index contributed by atoms with van der Waals surface area (Å²) >= 11 is 0. The maximum absolute atomic E-state index is 3.28. The molecular weight excluding hydrogens is 216 g/mol. The maximum atomic E-state index is 3.28. The molecule has 0 heterocycles. The van der Waals surface area contributed by atoms with Gasteiger partial charge in [-0.3, -0.25) is 0 Å². The van der Waals surface area contributed by atoms with Gasteiger partial charge in [0.2, 0.25) is 0 Å². The van der Waals surface area contributed by atoms with Gasteiger partial charge in [0.25, 0.3) is 0 Å². The van der Waals surface area contributed by atoms with E-state index in [9.17, 15) is 0 Å². The Morgan fingerprint density at radius 3 is 2.17 bits per heavy atom. The van der Waals surface area contributed by atoms with Gasteiger partial charge in [-0.1, -0.05) is 60.3 Å². The van der Waals surface area contributed by atoms with Gasteiger partial charge in [-0.25, -0.2) is 0 Å². The van der Waals surface area contributed by atoms with E-state index >= 15 is 0 Å².